The van der Waals surface area contributed by atoms with Crippen LogP contribution in [0, 0.1) is 6.92 Å². The van der Waals surface area contributed by atoms with E-state index < -0.39 is 5.97 Å². The molecule has 0 aliphatic carbocycles. The molecule has 1 N–H and O–H groups in total. The molecule has 0 spiro atoms. The molecule has 3 nitrogen and oxygen atoms in total. The number of unbranched alkanes of at least 4 members (excludes halogenated alkanes) is 1. The van der Waals surface area contributed by atoms with Crippen LogP contribution in [0.15, 0.2) is 36.4 Å². The number of aryl methyl sites for hydroxylation is 3. The van der Waals surface area contributed by atoms with Crippen molar-refractivity contribution in [2.45, 2.75) is 51.9 Å². The zero-order valence-electron chi connectivity index (χ0n) is 14.1. The summed E-state index contributed by atoms with van der Waals surface area (Å²) in [6.45, 7) is 2.10. The molecule has 24 heavy (non-hydrogen) atoms. The minimum atomic E-state index is -0.844. The highest BCUT2D eigenvalue weighted by Crippen LogP contribution is 2.21. The van der Waals surface area contributed by atoms with Gasteiger partial charge in [-0.25, -0.2) is 0 Å². The second-order valence-corrected chi connectivity index (χ2v) is 7.30. The van der Waals surface area contributed by atoms with Crippen LogP contribution in [0.4, 0.5) is 0 Å². The molecular formula is C20H24O3S. The highest BCUT2D eigenvalue weighted by atomic mass is 32.1. The van der Waals surface area contributed by atoms with E-state index in [0.29, 0.717) is 12.8 Å². The Kier molecular flexibility index (Phi) is 7.19. The van der Waals surface area contributed by atoms with Gasteiger partial charge in [0.15, 0.2) is 5.78 Å². The molecule has 0 aliphatic heterocycles. The maximum absolute atomic E-state index is 12.0. The fraction of sp³-hybridized carbons (Fsp3) is 0.400. The first-order valence-corrected chi connectivity index (χ1v) is 9.25. The molecule has 0 fully saturated rings. The highest BCUT2D eigenvalue weighted by Gasteiger charge is 2.10. The number of carbonyl (C=O) groups is 2. The van der Waals surface area contributed by atoms with Gasteiger partial charge in [-0.15, -0.1) is 11.3 Å². The van der Waals surface area contributed by atoms with Gasteiger partial charge in [-0.05, 0) is 56.7 Å². The quantitative estimate of drug-likeness (QED) is 0.484. The lowest BCUT2D eigenvalue weighted by molar-refractivity contribution is -0.137. The minimum absolute atomic E-state index is 0.0585. The van der Waals surface area contributed by atoms with Crippen LogP contribution < -0.4 is 0 Å². The summed E-state index contributed by atoms with van der Waals surface area (Å²) in [7, 11) is 0. The van der Waals surface area contributed by atoms with E-state index in [1.54, 1.807) is 11.3 Å². The molecule has 0 saturated heterocycles. The Labute approximate surface area is 147 Å². The lowest BCUT2D eigenvalue weighted by Crippen LogP contribution is -1.99. The number of carbonyl (C=O) groups excluding carboxylic acids is 1. The van der Waals surface area contributed by atoms with Crippen molar-refractivity contribution in [2.75, 3.05) is 0 Å². The summed E-state index contributed by atoms with van der Waals surface area (Å²) in [6.07, 6.45) is 5.13. The van der Waals surface area contributed by atoms with Crippen LogP contribution in [0.3, 0.4) is 0 Å². The van der Waals surface area contributed by atoms with Gasteiger partial charge in [0.05, 0.1) is 4.88 Å². The predicted octanol–water partition coefficient (Wildman–Crippen LogP) is 5.06. The summed E-state index contributed by atoms with van der Waals surface area (Å²) in [5, 5.41) is 8.61. The van der Waals surface area contributed by atoms with Gasteiger partial charge in [0.2, 0.25) is 0 Å². The van der Waals surface area contributed by atoms with E-state index in [4.69, 9.17) is 5.11 Å². The van der Waals surface area contributed by atoms with Crippen molar-refractivity contribution in [1.82, 2.24) is 0 Å². The Morgan fingerprint density at radius 1 is 0.917 bits per heavy atom. The molecular weight excluding hydrogens is 320 g/mol. The molecule has 1 heterocycles. The van der Waals surface area contributed by atoms with Crippen molar-refractivity contribution >= 4 is 23.1 Å². The maximum Gasteiger partial charge on any atom is 0.303 e. The Morgan fingerprint density at radius 2 is 1.62 bits per heavy atom. The van der Waals surface area contributed by atoms with Gasteiger partial charge in [0, 0.05) is 17.7 Å². The lowest BCUT2D eigenvalue weighted by Gasteiger charge is -2.02. The van der Waals surface area contributed by atoms with Crippen molar-refractivity contribution in [3.8, 4) is 0 Å². The number of carboxylic acids is 1. The number of hydrogen-bond donors (Lipinski definition) is 1. The third-order valence-corrected chi connectivity index (χ3v) is 5.18. The summed E-state index contributed by atoms with van der Waals surface area (Å²) in [5.74, 6) is -0.782. The minimum Gasteiger partial charge on any atom is -0.481 e. The van der Waals surface area contributed by atoms with Crippen LogP contribution in [0.2, 0.25) is 0 Å². The van der Waals surface area contributed by atoms with Crippen LogP contribution >= 0.6 is 11.3 Å². The number of benzene rings is 1. The average Bonchev–Trinajstić information content (AvgIpc) is 3.02. The van der Waals surface area contributed by atoms with Crippen molar-refractivity contribution in [2.24, 2.45) is 0 Å². The number of carboxylic acid groups (broad SMARTS) is 1. The summed E-state index contributed by atoms with van der Waals surface area (Å²) in [4.78, 5) is 24.5. The fourth-order valence-electron chi connectivity index (χ4n) is 2.57. The number of ketones is 1. The van der Waals surface area contributed by atoms with E-state index in [-0.39, 0.29) is 12.2 Å². The van der Waals surface area contributed by atoms with Crippen molar-refractivity contribution < 1.29 is 14.7 Å². The largest absolute Gasteiger partial charge is 0.481 e. The third kappa shape index (κ3) is 6.28. The van der Waals surface area contributed by atoms with Crippen molar-refractivity contribution in [3.05, 3.63) is 57.3 Å². The second kappa shape index (κ2) is 9.38. The predicted molar refractivity (Wildman–Crippen MR) is 98.0 cm³/mol. The second-order valence-electron chi connectivity index (χ2n) is 6.13. The molecule has 4 heteroatoms. The van der Waals surface area contributed by atoms with Gasteiger partial charge in [-0.2, -0.15) is 0 Å². The maximum atomic E-state index is 12.0. The molecule has 2 rings (SSSR count). The van der Waals surface area contributed by atoms with E-state index in [9.17, 15) is 9.59 Å². The smallest absolute Gasteiger partial charge is 0.303 e. The molecule has 1 aromatic heterocycles. The number of hydrogen-bond acceptors (Lipinski definition) is 3. The topological polar surface area (TPSA) is 54.4 Å². The summed E-state index contributed by atoms with van der Waals surface area (Å²) in [6, 6.07) is 12.6. The number of rotatable bonds is 10. The zero-order valence-corrected chi connectivity index (χ0v) is 14.9. The third-order valence-electron chi connectivity index (χ3n) is 3.99. The molecule has 2 aromatic rings. The van der Waals surface area contributed by atoms with E-state index in [1.165, 1.54) is 16.0 Å². The molecule has 0 bridgehead atoms. The first-order chi connectivity index (χ1) is 11.5. The zero-order chi connectivity index (χ0) is 17.4. The van der Waals surface area contributed by atoms with Crippen LogP contribution in [0.5, 0.6) is 0 Å². The van der Waals surface area contributed by atoms with Gasteiger partial charge in [0.1, 0.15) is 0 Å². The summed E-state index contributed by atoms with van der Waals surface area (Å²) >= 11 is 1.55. The normalized spacial score (nSPS) is 10.7. The molecule has 0 amide bonds. The van der Waals surface area contributed by atoms with Gasteiger partial charge in [-0.1, -0.05) is 29.8 Å². The molecule has 0 aliphatic rings. The van der Waals surface area contributed by atoms with Gasteiger partial charge >= 0.3 is 5.97 Å². The van der Waals surface area contributed by atoms with Gasteiger partial charge < -0.3 is 5.11 Å². The van der Waals surface area contributed by atoms with E-state index in [2.05, 4.69) is 31.2 Å². The Balaban J connectivity index is 1.70. The average molecular weight is 344 g/mol. The highest BCUT2D eigenvalue weighted by molar-refractivity contribution is 7.14. The van der Waals surface area contributed by atoms with Crippen molar-refractivity contribution in [3.63, 3.8) is 0 Å². The molecule has 0 radical (unpaired) electrons. The first-order valence-electron chi connectivity index (χ1n) is 8.44. The SMILES string of the molecule is Cc1ccc(CCCCc2ccc(C(=O)CCCC(=O)O)s2)cc1. The Hall–Kier alpha value is -1.94. The summed E-state index contributed by atoms with van der Waals surface area (Å²) in [5.41, 5.74) is 2.67. The standard InChI is InChI=1S/C20H24O3S/c1-15-9-11-16(12-10-15)5-2-3-6-17-13-14-19(24-17)18(21)7-4-8-20(22)23/h9-14H,2-8H2,1H3,(H,22,23). The number of thiophene rings is 1. The molecule has 0 saturated carbocycles. The van der Waals surface area contributed by atoms with Crippen LogP contribution in [0.25, 0.3) is 0 Å². The van der Waals surface area contributed by atoms with Gasteiger partial charge in [-0.3, -0.25) is 9.59 Å². The Morgan fingerprint density at radius 3 is 2.33 bits per heavy atom. The lowest BCUT2D eigenvalue weighted by atomic mass is 10.1. The van der Waals surface area contributed by atoms with Crippen LogP contribution in [-0.4, -0.2) is 16.9 Å². The van der Waals surface area contributed by atoms with Crippen LogP contribution in [0.1, 0.15) is 57.8 Å². The van der Waals surface area contributed by atoms with E-state index >= 15 is 0 Å². The molecule has 128 valence electrons. The Bertz CT molecular complexity index is 670. The molecule has 1 aromatic carbocycles. The first kappa shape index (κ1) is 18.4. The van der Waals surface area contributed by atoms with E-state index in [1.807, 2.05) is 12.1 Å². The fourth-order valence-corrected chi connectivity index (χ4v) is 3.59. The summed E-state index contributed by atoms with van der Waals surface area (Å²) < 4.78 is 0. The number of aliphatic carboxylic acids is 1. The number of Topliss-reactive ketones (excluding diaryl/α,β-unsaturated/α-hetero) is 1. The molecule has 0 atom stereocenters. The monoisotopic (exact) mass is 344 g/mol. The van der Waals surface area contributed by atoms with Crippen LogP contribution in [-0.2, 0) is 17.6 Å². The van der Waals surface area contributed by atoms with Crippen molar-refractivity contribution in [1.29, 1.82) is 0 Å². The van der Waals surface area contributed by atoms with E-state index in [0.717, 1.165) is 30.6 Å². The molecule has 0 unspecified atom stereocenters. The van der Waals surface area contributed by atoms with Gasteiger partial charge in [0.25, 0.3) is 0 Å².